The maximum Gasteiger partial charge on any atom is 0.374 e. The van der Waals surface area contributed by atoms with E-state index in [1.807, 2.05) is 10.6 Å². The Kier molecular flexibility index (Phi) is 8.56. The number of esters is 1. The number of imidazole rings is 1. The number of benzene rings is 1. The molecule has 6 heterocycles. The molecule has 5 N–H and O–H groups in total. The number of nitrogens with zero attached hydrogens (tertiary/aromatic N) is 5. The summed E-state index contributed by atoms with van der Waals surface area (Å²) < 4.78 is 25.8. The largest absolute Gasteiger partial charge is 0.857 e. The van der Waals surface area contributed by atoms with E-state index in [9.17, 15) is 20.1 Å². The van der Waals surface area contributed by atoms with Gasteiger partial charge in [-0.2, -0.15) is 9.98 Å². The molecule has 1 aromatic heterocycles. The zero-order chi connectivity index (χ0) is 34.4. The first-order valence-electron chi connectivity index (χ1n) is 16.3. The van der Waals surface area contributed by atoms with Crippen LogP contribution in [0, 0.1) is 11.3 Å². The number of ether oxygens (including phenoxy) is 4. The van der Waals surface area contributed by atoms with Crippen LogP contribution in [0.4, 0.5) is 5.95 Å². The number of allylic oxidation sites excluding steroid dienone is 3. The van der Waals surface area contributed by atoms with Gasteiger partial charge in [0.15, 0.2) is 12.4 Å². The van der Waals surface area contributed by atoms with Gasteiger partial charge in [0.1, 0.15) is 29.0 Å². The van der Waals surface area contributed by atoms with Crippen molar-refractivity contribution < 1.29 is 44.0 Å². The molecular formula is C33H38N8O8. The number of hydrogen-bond donors (Lipinski definition) is 5. The van der Waals surface area contributed by atoms with Crippen molar-refractivity contribution in [3.63, 3.8) is 0 Å². The van der Waals surface area contributed by atoms with E-state index in [2.05, 4.69) is 25.3 Å². The highest BCUT2D eigenvalue weighted by molar-refractivity contribution is 6.66. The van der Waals surface area contributed by atoms with Crippen LogP contribution in [0.2, 0.25) is 0 Å². The quantitative estimate of drug-likeness (QED) is 0.213. The van der Waals surface area contributed by atoms with Gasteiger partial charge in [0.2, 0.25) is 11.7 Å². The minimum absolute atomic E-state index is 0.0105. The van der Waals surface area contributed by atoms with Crippen LogP contribution in [0.5, 0.6) is 17.2 Å². The van der Waals surface area contributed by atoms with E-state index < -0.39 is 36.1 Å². The lowest BCUT2D eigenvalue weighted by Gasteiger charge is -2.39. The molecule has 1 saturated heterocycles. The molecule has 5 aliphatic heterocycles. The number of hydrogen-bond acceptors (Lipinski definition) is 12. The fourth-order valence-corrected chi connectivity index (χ4v) is 7.17. The minimum atomic E-state index is -1.16. The lowest BCUT2D eigenvalue weighted by Crippen LogP contribution is -3.10. The molecule has 5 aliphatic rings. The summed E-state index contributed by atoms with van der Waals surface area (Å²) in [5.74, 6) is 0.0464. The number of nitrogens with one attached hydrogen (secondary N) is 3. The zero-order valence-corrected chi connectivity index (χ0v) is 27.4. The molecule has 0 spiro atoms. The Morgan fingerprint density at radius 2 is 2.10 bits per heavy atom. The van der Waals surface area contributed by atoms with Crippen molar-refractivity contribution in [2.45, 2.75) is 58.0 Å². The summed E-state index contributed by atoms with van der Waals surface area (Å²) in [6, 6.07) is 0. The summed E-state index contributed by atoms with van der Waals surface area (Å²) in [6.45, 7) is 5.18. The molecule has 258 valence electrons. The molecule has 0 aliphatic carbocycles. The molecule has 1 unspecified atom stereocenters. The molecule has 0 bridgehead atoms. The average molecular weight is 675 g/mol. The number of aromatic nitrogens is 2. The first-order valence-corrected chi connectivity index (χ1v) is 16.3. The normalized spacial score (nSPS) is 23.6. The molecule has 0 amide bonds. The summed E-state index contributed by atoms with van der Waals surface area (Å²) in [7, 11) is 1.54. The number of aliphatic hydroxyl groups is 2. The number of aliphatic hydroxyl groups excluding tert-OH is 1. The Bertz CT molecular complexity index is 1870. The third-order valence-electron chi connectivity index (χ3n) is 9.67. The number of fused-ring (bicyclic) bond motifs is 3. The monoisotopic (exact) mass is 674 g/mol. The zero-order valence-electron chi connectivity index (χ0n) is 27.4. The van der Waals surface area contributed by atoms with Gasteiger partial charge >= 0.3 is 11.9 Å². The van der Waals surface area contributed by atoms with Crippen LogP contribution in [-0.4, -0.2) is 94.3 Å². The number of aliphatic imine (C=N–C) groups is 3. The van der Waals surface area contributed by atoms with E-state index in [-0.39, 0.29) is 48.8 Å². The van der Waals surface area contributed by atoms with Crippen LogP contribution in [0.3, 0.4) is 0 Å². The summed E-state index contributed by atoms with van der Waals surface area (Å²) >= 11 is 0. The maximum absolute atomic E-state index is 13.0. The molecule has 16 heteroatoms. The second kappa shape index (κ2) is 12.9. The number of carbonyl (C=O) groups excluding carboxylic acids is 1. The molecule has 1 aromatic carbocycles. The fourth-order valence-electron chi connectivity index (χ4n) is 7.17. The first-order chi connectivity index (χ1) is 23.7. The Morgan fingerprint density at radius 3 is 2.84 bits per heavy atom. The third kappa shape index (κ3) is 5.59. The third-order valence-corrected chi connectivity index (χ3v) is 9.67. The summed E-state index contributed by atoms with van der Waals surface area (Å²) in [5.41, 5.74) is 1.04. The molecule has 7 rings (SSSR count). The molecule has 16 nitrogen and oxygen atoms in total. The Hall–Kier alpha value is -4.90. The summed E-state index contributed by atoms with van der Waals surface area (Å²) in [6.07, 6.45) is 8.14. The van der Waals surface area contributed by atoms with Gasteiger partial charge in [-0.1, -0.05) is 6.08 Å². The average Bonchev–Trinajstić information content (AvgIpc) is 3.85. The van der Waals surface area contributed by atoms with Gasteiger partial charge in [-0.15, -0.1) is 0 Å². The summed E-state index contributed by atoms with van der Waals surface area (Å²) in [4.78, 5) is 30.2. The number of piperidine rings is 1. The van der Waals surface area contributed by atoms with Gasteiger partial charge in [0.25, 0.3) is 5.84 Å². The van der Waals surface area contributed by atoms with Crippen molar-refractivity contribution in [1.29, 1.82) is 5.41 Å². The van der Waals surface area contributed by atoms with E-state index in [0.29, 0.717) is 51.0 Å². The Morgan fingerprint density at radius 1 is 1.31 bits per heavy atom. The first kappa shape index (κ1) is 32.6. The number of methoxy groups -OCH3 is 1. The van der Waals surface area contributed by atoms with Crippen LogP contribution in [0.1, 0.15) is 43.4 Å². The molecule has 0 radical (unpaired) electrons. The number of guanidine groups is 1. The molecule has 0 saturated carbocycles. The van der Waals surface area contributed by atoms with Gasteiger partial charge in [-0.3, -0.25) is 9.98 Å². The fraction of sp³-hybridized carbons (Fsp3) is 0.455. The van der Waals surface area contributed by atoms with Crippen molar-refractivity contribution in [2.75, 3.05) is 33.5 Å². The lowest BCUT2D eigenvalue weighted by atomic mass is 9.77. The highest BCUT2D eigenvalue weighted by Crippen LogP contribution is 2.54. The predicted molar refractivity (Wildman–Crippen MR) is 174 cm³/mol. The minimum Gasteiger partial charge on any atom is -0.857 e. The van der Waals surface area contributed by atoms with Crippen molar-refractivity contribution in [3.05, 3.63) is 47.0 Å². The standard InChI is InChI=1S/C33H38N8O8/c1-4-47-30(44)21-13-17(7-11-40-12-10-36-32(40)41-16-37-24-28(41)38-31(34)39-29(24)43)23-26(46-3)19-14-22(33(2,45)18-5-8-35-9-6-18)49-25(19)20(15-42)27(23)48-21/h7,10,12-13,18,22,35,42,45H,4-6,8-9,11,14-16H2,1-3H3,(H2,34,39,43)/t22-,33+/m0/s1. The Labute approximate surface area is 281 Å². The van der Waals surface area contributed by atoms with E-state index in [4.69, 9.17) is 24.4 Å². The van der Waals surface area contributed by atoms with Crippen molar-refractivity contribution in [1.82, 2.24) is 14.9 Å². The van der Waals surface area contributed by atoms with Gasteiger partial charge in [0.05, 0.1) is 37.6 Å². The Balaban J connectivity index is 1.28. The highest BCUT2D eigenvalue weighted by atomic mass is 16.6. The van der Waals surface area contributed by atoms with Crippen molar-refractivity contribution in [2.24, 2.45) is 20.9 Å². The lowest BCUT2D eigenvalue weighted by molar-refractivity contribution is -0.730. The van der Waals surface area contributed by atoms with E-state index >= 15 is 0 Å². The van der Waals surface area contributed by atoms with Crippen LogP contribution in [0.25, 0.3) is 5.57 Å². The number of rotatable bonds is 9. The van der Waals surface area contributed by atoms with Gasteiger partial charge in [0, 0.05) is 30.6 Å². The molecule has 49 heavy (non-hydrogen) atoms. The second-order valence-electron chi connectivity index (χ2n) is 12.5. The van der Waals surface area contributed by atoms with Gasteiger partial charge < -0.3 is 39.6 Å². The van der Waals surface area contributed by atoms with Crippen LogP contribution in [-0.2, 0) is 29.1 Å². The van der Waals surface area contributed by atoms with Crippen LogP contribution >= 0.6 is 0 Å². The highest BCUT2D eigenvalue weighted by Gasteiger charge is 2.47. The van der Waals surface area contributed by atoms with Gasteiger partial charge in [-0.05, 0) is 57.3 Å². The maximum atomic E-state index is 13.0. The van der Waals surface area contributed by atoms with Gasteiger partial charge in [-0.25, -0.2) is 19.7 Å². The van der Waals surface area contributed by atoms with Crippen LogP contribution < -0.4 is 29.5 Å². The SMILES string of the molecule is CCOC(=O)C1=CC(=CCn2ccnc2[NH+]2CN=C3C([O-])=NC(=N)N=C32)c2c(OC)c3c(c(CO)c2O1)O[C@H]([C@](C)(O)C1CCNCC1)C3. The molecule has 3 atom stereocenters. The van der Waals surface area contributed by atoms with Crippen molar-refractivity contribution >= 4 is 40.9 Å². The number of amidine groups is 1. The summed E-state index contributed by atoms with van der Waals surface area (Å²) in [5, 5.41) is 46.0. The number of quaternary nitrogens is 1. The van der Waals surface area contributed by atoms with E-state index in [1.54, 1.807) is 32.3 Å². The van der Waals surface area contributed by atoms with E-state index in [1.165, 1.54) is 7.11 Å². The molecule has 2 aromatic rings. The van der Waals surface area contributed by atoms with Crippen LogP contribution in [0.15, 0.2) is 45.3 Å². The smallest absolute Gasteiger partial charge is 0.374 e. The second-order valence-corrected chi connectivity index (χ2v) is 12.5. The van der Waals surface area contributed by atoms with Crippen molar-refractivity contribution in [3.8, 4) is 17.2 Å². The number of carbonyl (C=O) groups is 1. The molecule has 1 fully saturated rings. The van der Waals surface area contributed by atoms with E-state index in [0.717, 1.165) is 25.9 Å². The predicted octanol–water partition coefficient (Wildman–Crippen LogP) is -0.605. The molecular weight excluding hydrogens is 636 g/mol. The topological polar surface area (TPSA) is 213 Å².